The highest BCUT2D eigenvalue weighted by Crippen LogP contribution is 2.39. The summed E-state index contributed by atoms with van der Waals surface area (Å²) in [5.74, 6) is 0. The van der Waals surface area contributed by atoms with E-state index in [1.54, 1.807) is 0 Å². The fraction of sp³-hybridized carbons (Fsp3) is 0. The first-order valence-electron chi connectivity index (χ1n) is 27.4. The molecule has 0 atom stereocenters. The Bertz CT molecular complexity index is 4970. The van der Waals surface area contributed by atoms with E-state index in [1.165, 1.54) is 126 Å². The molecule has 16 aromatic rings. The molecule has 0 aliphatic carbocycles. The number of rotatable bonds is 6. The van der Waals surface area contributed by atoms with E-state index in [4.69, 9.17) is 5.02 Å². The van der Waals surface area contributed by atoms with Crippen molar-refractivity contribution in [3.05, 3.63) is 308 Å². The van der Waals surface area contributed by atoms with Gasteiger partial charge >= 0.3 is 7.48 Å². The maximum Gasteiger partial charge on any atom is 0.326 e. The van der Waals surface area contributed by atoms with Crippen molar-refractivity contribution < 1.29 is 5.02 Å². The van der Waals surface area contributed by atoms with Gasteiger partial charge in [0.15, 0.2) is 0 Å². The molecule has 81 heavy (non-hydrogen) atoms. The van der Waals surface area contributed by atoms with Crippen molar-refractivity contribution in [2.24, 2.45) is 0 Å². The van der Waals surface area contributed by atoms with Crippen LogP contribution in [0.4, 0.5) is 0 Å². The van der Waals surface area contributed by atoms with Gasteiger partial charge in [0, 0.05) is 37.4 Å². The Morgan fingerprint density at radius 2 is 0.617 bits per heavy atom. The molecule has 0 saturated carbocycles. The summed E-state index contributed by atoms with van der Waals surface area (Å²) in [6.07, 6.45) is 0. The smallest absolute Gasteiger partial charge is 0.326 e. The van der Waals surface area contributed by atoms with E-state index in [9.17, 15) is 0 Å². The van der Waals surface area contributed by atoms with Crippen LogP contribution in [0, 0.1) is 0 Å². The van der Waals surface area contributed by atoms with Gasteiger partial charge in [-0.1, -0.05) is 252 Å². The van der Waals surface area contributed by atoms with Gasteiger partial charge in [0.1, 0.15) is 0 Å². The molecule has 1 radical (unpaired) electrons. The number of aromatic nitrogens is 2. The standard InChI is InChI=1S/C38H25N.C24H17BNO.C14H9Br/c1-2-11-30(12-3-1)39-37-17-9-8-16-34(37)36-24-28(22-23-38(36)39)26-18-20-27(21-19-26)35-25-29-10-4-5-13-31(29)32-14-6-7-15-33(32)35;27-25-19-13-10-17(11-14-19)18-12-15-24-22(16-18)21-8-4-5-9-23(21)26(24)20-6-2-1-3-7-20;15-14-9-10-5-1-2-6-11(10)12-7-3-4-8-13(12)14/h1-25H;1-16,27H;1-9H. The fourth-order valence-electron chi connectivity index (χ4n) is 11.9. The van der Waals surface area contributed by atoms with Gasteiger partial charge < -0.3 is 14.2 Å². The van der Waals surface area contributed by atoms with E-state index < -0.39 is 0 Å². The number of benzene rings is 14. The lowest BCUT2D eigenvalue weighted by atomic mass is 9.87. The lowest BCUT2D eigenvalue weighted by Crippen LogP contribution is -2.11. The highest BCUT2D eigenvalue weighted by atomic mass is 79.9. The largest absolute Gasteiger partial charge is 0.450 e. The molecule has 0 amide bonds. The summed E-state index contributed by atoms with van der Waals surface area (Å²) in [7, 11) is 1.13. The molecule has 0 aliphatic heterocycles. The maximum atomic E-state index is 9.14. The maximum absolute atomic E-state index is 9.14. The molecule has 0 bridgehead atoms. The van der Waals surface area contributed by atoms with Crippen molar-refractivity contribution in [1.29, 1.82) is 0 Å². The molecular formula is C76H51BBrN2O. The first-order valence-corrected chi connectivity index (χ1v) is 28.2. The highest BCUT2D eigenvalue weighted by Gasteiger charge is 2.16. The van der Waals surface area contributed by atoms with Gasteiger partial charge in [-0.25, -0.2) is 0 Å². The van der Waals surface area contributed by atoms with Gasteiger partial charge in [0.25, 0.3) is 0 Å². The number of fused-ring (bicyclic) bond motifs is 12. The zero-order valence-electron chi connectivity index (χ0n) is 44.2. The number of nitrogens with zero attached hydrogens (tertiary/aromatic N) is 2. The Morgan fingerprint density at radius 1 is 0.259 bits per heavy atom. The predicted molar refractivity (Wildman–Crippen MR) is 350 cm³/mol. The van der Waals surface area contributed by atoms with Crippen molar-refractivity contribution >= 4 is 116 Å². The zero-order valence-corrected chi connectivity index (χ0v) is 45.8. The Kier molecular flexibility index (Phi) is 13.1. The van der Waals surface area contributed by atoms with Crippen LogP contribution in [0.25, 0.3) is 131 Å². The normalized spacial score (nSPS) is 11.3. The molecule has 3 nitrogen and oxygen atoms in total. The summed E-state index contributed by atoms with van der Waals surface area (Å²) >= 11 is 3.62. The monoisotopic (exact) mass is 1100 g/mol. The summed E-state index contributed by atoms with van der Waals surface area (Å²) in [4.78, 5) is 0. The fourth-order valence-corrected chi connectivity index (χ4v) is 12.5. The Hall–Kier alpha value is -9.78. The van der Waals surface area contributed by atoms with Crippen molar-refractivity contribution in [3.8, 4) is 44.8 Å². The summed E-state index contributed by atoms with van der Waals surface area (Å²) < 4.78 is 5.84. The average molecular weight is 1100 g/mol. The third-order valence-electron chi connectivity index (χ3n) is 15.8. The molecule has 5 heteroatoms. The Labute approximate surface area is 479 Å². The average Bonchev–Trinajstić information content (AvgIpc) is 4.15. The highest BCUT2D eigenvalue weighted by molar-refractivity contribution is 9.10. The lowest BCUT2D eigenvalue weighted by Gasteiger charge is -2.12. The third-order valence-corrected chi connectivity index (χ3v) is 16.4. The molecule has 2 aromatic heterocycles. The van der Waals surface area contributed by atoms with E-state index >= 15 is 0 Å². The van der Waals surface area contributed by atoms with Crippen molar-refractivity contribution in [2.75, 3.05) is 0 Å². The summed E-state index contributed by atoms with van der Waals surface area (Å²) in [5.41, 5.74) is 15.3. The van der Waals surface area contributed by atoms with Crippen LogP contribution < -0.4 is 5.46 Å². The van der Waals surface area contributed by atoms with Gasteiger partial charge in [-0.15, -0.1) is 0 Å². The predicted octanol–water partition coefficient (Wildman–Crippen LogP) is 19.9. The van der Waals surface area contributed by atoms with E-state index in [0.29, 0.717) is 0 Å². The van der Waals surface area contributed by atoms with Gasteiger partial charge in [0.05, 0.1) is 22.1 Å². The molecule has 0 fully saturated rings. The first-order chi connectivity index (χ1) is 40.1. The molecular weight excluding hydrogens is 1050 g/mol. The van der Waals surface area contributed by atoms with Crippen LogP contribution in [0.2, 0.25) is 0 Å². The van der Waals surface area contributed by atoms with Gasteiger partial charge in [-0.3, -0.25) is 0 Å². The molecule has 2 heterocycles. The summed E-state index contributed by atoms with van der Waals surface area (Å²) in [6.45, 7) is 0. The summed E-state index contributed by atoms with van der Waals surface area (Å²) in [5, 5.41) is 24.5. The molecule has 16 rings (SSSR count). The molecule has 1 N–H and O–H groups in total. The van der Waals surface area contributed by atoms with Crippen LogP contribution in [0.5, 0.6) is 0 Å². The molecule has 381 valence electrons. The van der Waals surface area contributed by atoms with Crippen molar-refractivity contribution in [2.45, 2.75) is 0 Å². The number of hydrogen-bond donors (Lipinski definition) is 1. The quantitative estimate of drug-likeness (QED) is 0.131. The van der Waals surface area contributed by atoms with E-state index in [1.807, 2.05) is 30.3 Å². The molecule has 0 saturated heterocycles. The van der Waals surface area contributed by atoms with E-state index in [2.05, 4.69) is 298 Å². The van der Waals surface area contributed by atoms with Crippen LogP contribution >= 0.6 is 15.9 Å². The third kappa shape index (κ3) is 9.23. The second-order valence-corrected chi connectivity index (χ2v) is 21.3. The molecule has 0 spiro atoms. The van der Waals surface area contributed by atoms with Crippen molar-refractivity contribution in [3.63, 3.8) is 0 Å². The SMILES string of the molecule is Brc1cc2ccccc2c2ccccc12.O[B]c1ccc(-c2ccc3c(c2)c2ccccc2n3-c2ccccc2)cc1.c1ccc(-n2c3ccccc3c3cc(-c4ccc(-c5cc6ccccc6c6ccccc56)cc4)ccc32)cc1. The number of halogens is 1. The first kappa shape index (κ1) is 49.5. The van der Waals surface area contributed by atoms with Crippen LogP contribution in [-0.2, 0) is 0 Å². The Morgan fingerprint density at radius 3 is 1.12 bits per heavy atom. The molecule has 0 unspecified atom stereocenters. The minimum absolute atomic E-state index is 0.806. The number of hydrogen-bond acceptors (Lipinski definition) is 1. The second kappa shape index (κ2) is 21.5. The lowest BCUT2D eigenvalue weighted by molar-refractivity contribution is 0.615. The molecule has 0 aliphatic rings. The van der Waals surface area contributed by atoms with E-state index in [-0.39, 0.29) is 0 Å². The van der Waals surface area contributed by atoms with Crippen molar-refractivity contribution in [1.82, 2.24) is 9.13 Å². The topological polar surface area (TPSA) is 30.1 Å². The van der Waals surface area contributed by atoms with Crippen LogP contribution in [-0.4, -0.2) is 21.6 Å². The minimum Gasteiger partial charge on any atom is -0.450 e. The number of para-hydroxylation sites is 4. The Balaban J connectivity index is 0.000000121. The van der Waals surface area contributed by atoms with Crippen LogP contribution in [0.1, 0.15) is 0 Å². The second-order valence-electron chi connectivity index (χ2n) is 20.5. The van der Waals surface area contributed by atoms with Crippen LogP contribution in [0.3, 0.4) is 0 Å². The van der Waals surface area contributed by atoms with Crippen LogP contribution in [0.15, 0.2) is 308 Å². The minimum atomic E-state index is 0.806. The summed E-state index contributed by atoms with van der Waals surface area (Å²) in [6, 6.07) is 108. The van der Waals surface area contributed by atoms with Gasteiger partial charge in [0.2, 0.25) is 0 Å². The molecule has 14 aromatic carbocycles. The van der Waals surface area contributed by atoms with E-state index in [0.717, 1.165) is 23.0 Å². The van der Waals surface area contributed by atoms with Gasteiger partial charge in [-0.05, 0) is 149 Å². The van der Waals surface area contributed by atoms with Gasteiger partial charge in [-0.2, -0.15) is 0 Å². The zero-order chi connectivity index (χ0) is 54.2.